The molecule has 4 aromatic carbocycles. The van der Waals surface area contributed by atoms with Crippen molar-refractivity contribution in [3.8, 4) is 5.75 Å². The number of thioether (sulfide) groups is 1. The molecule has 168 valence electrons. The van der Waals surface area contributed by atoms with Gasteiger partial charge in [0.15, 0.2) is 4.32 Å². The number of nitrogens with zero attached hydrogens (tertiary/aromatic N) is 1. The van der Waals surface area contributed by atoms with E-state index in [1.54, 1.807) is 35.2 Å². The highest BCUT2D eigenvalue weighted by Crippen LogP contribution is 2.39. The number of anilines is 1. The van der Waals surface area contributed by atoms with Crippen molar-refractivity contribution in [1.29, 1.82) is 0 Å². The van der Waals surface area contributed by atoms with E-state index in [0.717, 1.165) is 22.0 Å². The molecule has 0 atom stereocenters. The summed E-state index contributed by atoms with van der Waals surface area (Å²) in [6.07, 6.45) is 1.79. The molecular weight excluding hydrogens is 489 g/mol. The molecule has 0 N–H and O–H groups in total. The van der Waals surface area contributed by atoms with Crippen LogP contribution in [-0.4, -0.2) is 10.2 Å². The van der Waals surface area contributed by atoms with Gasteiger partial charge in [0.1, 0.15) is 18.2 Å². The van der Waals surface area contributed by atoms with Gasteiger partial charge in [-0.1, -0.05) is 90.2 Å². The van der Waals surface area contributed by atoms with Gasteiger partial charge < -0.3 is 4.74 Å². The number of carbonyl (C=O) groups excluding carboxylic acids is 1. The molecule has 4 aromatic rings. The van der Waals surface area contributed by atoms with E-state index in [2.05, 4.69) is 0 Å². The van der Waals surface area contributed by atoms with Gasteiger partial charge in [0.25, 0.3) is 5.91 Å². The van der Waals surface area contributed by atoms with Gasteiger partial charge in [-0.15, -0.1) is 0 Å². The number of thiocarbonyl (C=S) groups is 1. The van der Waals surface area contributed by atoms with Gasteiger partial charge in [0.2, 0.25) is 0 Å². The average molecular weight is 506 g/mol. The molecular formula is C27H17ClFNO2S2. The molecule has 7 heteroatoms. The Morgan fingerprint density at radius 1 is 1.00 bits per heavy atom. The van der Waals surface area contributed by atoms with Crippen LogP contribution in [0.15, 0.2) is 89.8 Å². The summed E-state index contributed by atoms with van der Waals surface area (Å²) in [6.45, 7) is -0.00183. The first-order chi connectivity index (χ1) is 16.5. The standard InChI is InChI=1S/C27H17ClFNO2S2/c28-22-11-5-12-23(29)21(22)16-32-19-9-3-6-17(14-19)15-25-26(31)30(27(33)34-25)24-13-4-8-18-7-1-2-10-20(18)24/h1-15H,16H2/b25-15-. The third-order valence-corrected chi connectivity index (χ3v) is 7.06. The SMILES string of the molecule is O=C1/C(=C/c2cccc(OCc3c(F)cccc3Cl)c2)SC(=S)N1c1cccc2ccccc12. The second-order valence-corrected chi connectivity index (χ2v) is 9.66. The van der Waals surface area contributed by atoms with Crippen molar-refractivity contribution in [2.75, 3.05) is 4.90 Å². The molecule has 1 aliphatic heterocycles. The lowest BCUT2D eigenvalue weighted by molar-refractivity contribution is -0.113. The number of amides is 1. The lowest BCUT2D eigenvalue weighted by Crippen LogP contribution is -2.27. The molecule has 0 aromatic heterocycles. The van der Waals surface area contributed by atoms with Crippen LogP contribution in [0.4, 0.5) is 10.1 Å². The molecule has 1 amide bonds. The molecule has 1 saturated heterocycles. The Bertz CT molecular complexity index is 1440. The first-order valence-electron chi connectivity index (χ1n) is 10.4. The van der Waals surface area contributed by atoms with Crippen LogP contribution >= 0.6 is 35.6 Å². The Kier molecular flexibility index (Phi) is 6.37. The number of rotatable bonds is 5. The second-order valence-electron chi connectivity index (χ2n) is 7.58. The fraction of sp³-hybridized carbons (Fsp3) is 0.0370. The van der Waals surface area contributed by atoms with Crippen LogP contribution in [0.2, 0.25) is 5.02 Å². The molecule has 0 spiro atoms. The van der Waals surface area contributed by atoms with Gasteiger partial charge in [-0.3, -0.25) is 9.69 Å². The summed E-state index contributed by atoms with van der Waals surface area (Å²) in [7, 11) is 0. The number of hydrogen-bond acceptors (Lipinski definition) is 4. The van der Waals surface area contributed by atoms with E-state index in [1.807, 2.05) is 54.6 Å². The van der Waals surface area contributed by atoms with Crippen molar-refractivity contribution in [1.82, 2.24) is 0 Å². The van der Waals surface area contributed by atoms with Gasteiger partial charge in [0.05, 0.1) is 15.6 Å². The molecule has 5 rings (SSSR count). The molecule has 0 saturated carbocycles. The first kappa shape index (κ1) is 22.6. The maximum atomic E-state index is 14.0. The van der Waals surface area contributed by atoms with Crippen LogP contribution in [0.5, 0.6) is 5.75 Å². The van der Waals surface area contributed by atoms with E-state index in [9.17, 15) is 9.18 Å². The number of benzene rings is 4. The quantitative estimate of drug-likeness (QED) is 0.206. The highest BCUT2D eigenvalue weighted by Gasteiger charge is 2.34. The summed E-state index contributed by atoms with van der Waals surface area (Å²) in [6, 6.07) is 25.5. The van der Waals surface area contributed by atoms with E-state index in [0.29, 0.717) is 25.6 Å². The number of ether oxygens (including phenoxy) is 1. The van der Waals surface area contributed by atoms with E-state index < -0.39 is 5.82 Å². The van der Waals surface area contributed by atoms with Crippen LogP contribution < -0.4 is 9.64 Å². The molecule has 0 unspecified atom stereocenters. The van der Waals surface area contributed by atoms with Crippen LogP contribution in [0.3, 0.4) is 0 Å². The summed E-state index contributed by atoms with van der Waals surface area (Å²) in [4.78, 5) is 15.4. The van der Waals surface area contributed by atoms with Gasteiger partial charge in [-0.2, -0.15) is 0 Å². The van der Waals surface area contributed by atoms with Crippen molar-refractivity contribution in [2.45, 2.75) is 6.61 Å². The Hall–Kier alpha value is -3.19. The number of hydrogen-bond donors (Lipinski definition) is 0. The minimum absolute atomic E-state index is 0.00183. The number of fused-ring (bicyclic) bond motifs is 1. The van der Waals surface area contributed by atoms with Crippen molar-refractivity contribution in [3.05, 3.63) is 112 Å². The Morgan fingerprint density at radius 2 is 1.76 bits per heavy atom. The van der Waals surface area contributed by atoms with Crippen molar-refractivity contribution < 1.29 is 13.9 Å². The van der Waals surface area contributed by atoms with Crippen LogP contribution in [0, 0.1) is 5.82 Å². The average Bonchev–Trinajstić information content (AvgIpc) is 3.11. The molecule has 0 aliphatic carbocycles. The Balaban J connectivity index is 1.39. The normalized spacial score (nSPS) is 14.9. The fourth-order valence-electron chi connectivity index (χ4n) is 3.75. The highest BCUT2D eigenvalue weighted by atomic mass is 35.5. The van der Waals surface area contributed by atoms with E-state index >= 15 is 0 Å². The van der Waals surface area contributed by atoms with Crippen molar-refractivity contribution in [3.63, 3.8) is 0 Å². The van der Waals surface area contributed by atoms with E-state index in [4.69, 9.17) is 28.6 Å². The Labute approximate surface area is 210 Å². The third-order valence-electron chi connectivity index (χ3n) is 5.40. The van der Waals surface area contributed by atoms with E-state index in [1.165, 1.54) is 17.8 Å². The van der Waals surface area contributed by atoms with E-state index in [-0.39, 0.29) is 12.5 Å². The van der Waals surface area contributed by atoms with Crippen LogP contribution in [0.25, 0.3) is 16.8 Å². The molecule has 1 fully saturated rings. The topological polar surface area (TPSA) is 29.5 Å². The summed E-state index contributed by atoms with van der Waals surface area (Å²) >= 11 is 12.9. The van der Waals surface area contributed by atoms with Crippen LogP contribution in [0.1, 0.15) is 11.1 Å². The summed E-state index contributed by atoms with van der Waals surface area (Å²) in [5.74, 6) is -0.0471. The zero-order valence-electron chi connectivity index (χ0n) is 17.7. The minimum atomic E-state index is -0.416. The predicted octanol–water partition coefficient (Wildman–Crippen LogP) is 7.62. The monoisotopic (exact) mass is 505 g/mol. The largest absolute Gasteiger partial charge is 0.489 e. The van der Waals surface area contributed by atoms with Crippen molar-refractivity contribution in [2.24, 2.45) is 0 Å². The smallest absolute Gasteiger partial charge is 0.270 e. The van der Waals surface area contributed by atoms with Gasteiger partial charge >= 0.3 is 0 Å². The summed E-state index contributed by atoms with van der Waals surface area (Å²) < 4.78 is 20.3. The molecule has 3 nitrogen and oxygen atoms in total. The maximum Gasteiger partial charge on any atom is 0.270 e. The third kappa shape index (κ3) is 4.44. The van der Waals surface area contributed by atoms with Crippen LogP contribution in [-0.2, 0) is 11.4 Å². The lowest BCUT2D eigenvalue weighted by Gasteiger charge is -2.17. The molecule has 0 bridgehead atoms. The maximum absolute atomic E-state index is 14.0. The van der Waals surface area contributed by atoms with Gasteiger partial charge in [0, 0.05) is 10.9 Å². The Morgan fingerprint density at radius 3 is 2.62 bits per heavy atom. The van der Waals surface area contributed by atoms with Crippen molar-refractivity contribution >= 4 is 68.3 Å². The first-order valence-corrected chi connectivity index (χ1v) is 12.0. The molecule has 1 heterocycles. The molecule has 0 radical (unpaired) electrons. The predicted molar refractivity (Wildman–Crippen MR) is 142 cm³/mol. The number of halogens is 2. The second kappa shape index (κ2) is 9.58. The molecule has 34 heavy (non-hydrogen) atoms. The zero-order chi connectivity index (χ0) is 23.7. The highest BCUT2D eigenvalue weighted by molar-refractivity contribution is 8.27. The summed E-state index contributed by atoms with van der Waals surface area (Å²) in [5.41, 5.74) is 1.84. The van der Waals surface area contributed by atoms with Gasteiger partial charge in [-0.05, 0) is 47.4 Å². The summed E-state index contributed by atoms with van der Waals surface area (Å²) in [5, 5.41) is 2.32. The minimum Gasteiger partial charge on any atom is -0.489 e. The number of carbonyl (C=O) groups is 1. The van der Waals surface area contributed by atoms with Gasteiger partial charge in [-0.25, -0.2) is 4.39 Å². The molecule has 1 aliphatic rings. The lowest BCUT2D eigenvalue weighted by atomic mass is 10.1. The zero-order valence-corrected chi connectivity index (χ0v) is 20.1. The fourth-order valence-corrected chi connectivity index (χ4v) is 5.25.